The summed E-state index contributed by atoms with van der Waals surface area (Å²) < 4.78 is 0. The number of nitrogens with two attached hydrogens (primary N) is 1. The van der Waals surface area contributed by atoms with Crippen LogP contribution in [-0.4, -0.2) is 24.4 Å². The number of nitrogens with zero attached hydrogens (tertiary/aromatic N) is 1. The van der Waals surface area contributed by atoms with Gasteiger partial charge in [0.2, 0.25) is 5.91 Å². The van der Waals surface area contributed by atoms with Gasteiger partial charge in [-0.3, -0.25) is 4.79 Å². The lowest BCUT2D eigenvalue weighted by Crippen LogP contribution is -2.27. The first-order valence-electron chi connectivity index (χ1n) is 4.63. The summed E-state index contributed by atoms with van der Waals surface area (Å²) in [5, 5.41) is 0. The predicted octanol–water partition coefficient (Wildman–Crippen LogP) is 1.36. The molecular formula is C10H16N2OS. The SMILES string of the molecule is Cc1ccc(CN(C)C(=O)CCN)s1. The second-order valence-corrected chi connectivity index (χ2v) is 4.67. The van der Waals surface area contributed by atoms with Crippen molar-refractivity contribution < 1.29 is 4.79 Å². The van der Waals surface area contributed by atoms with E-state index in [1.807, 2.05) is 7.05 Å². The van der Waals surface area contributed by atoms with E-state index < -0.39 is 0 Å². The zero-order valence-corrected chi connectivity index (χ0v) is 9.43. The summed E-state index contributed by atoms with van der Waals surface area (Å²) in [4.78, 5) is 15.6. The van der Waals surface area contributed by atoms with Gasteiger partial charge in [-0.25, -0.2) is 0 Å². The lowest BCUT2D eigenvalue weighted by Gasteiger charge is -2.15. The molecule has 4 heteroatoms. The summed E-state index contributed by atoms with van der Waals surface area (Å²) in [5.41, 5.74) is 5.32. The number of hydrogen-bond donors (Lipinski definition) is 1. The molecule has 1 aromatic heterocycles. The molecule has 0 aromatic carbocycles. The van der Waals surface area contributed by atoms with Gasteiger partial charge in [-0.05, 0) is 19.1 Å². The van der Waals surface area contributed by atoms with E-state index in [0.29, 0.717) is 19.5 Å². The molecule has 0 aliphatic carbocycles. The van der Waals surface area contributed by atoms with Crippen LogP contribution in [0.3, 0.4) is 0 Å². The van der Waals surface area contributed by atoms with Crippen LogP contribution in [0, 0.1) is 6.92 Å². The summed E-state index contributed by atoms with van der Waals surface area (Å²) in [6.45, 7) is 3.18. The fraction of sp³-hybridized carbons (Fsp3) is 0.500. The van der Waals surface area contributed by atoms with Gasteiger partial charge in [0, 0.05) is 29.8 Å². The standard InChI is InChI=1S/C10H16N2OS/c1-8-3-4-9(14-8)7-12(2)10(13)5-6-11/h3-4H,5-7,11H2,1-2H3. The Kier molecular flexibility index (Phi) is 4.10. The second-order valence-electron chi connectivity index (χ2n) is 3.30. The molecule has 14 heavy (non-hydrogen) atoms. The minimum atomic E-state index is 0.110. The van der Waals surface area contributed by atoms with Gasteiger partial charge in [0.05, 0.1) is 6.54 Å². The van der Waals surface area contributed by atoms with Crippen molar-refractivity contribution in [2.24, 2.45) is 5.73 Å². The first kappa shape index (κ1) is 11.2. The monoisotopic (exact) mass is 212 g/mol. The highest BCUT2D eigenvalue weighted by Crippen LogP contribution is 2.16. The van der Waals surface area contributed by atoms with E-state index in [9.17, 15) is 4.79 Å². The van der Waals surface area contributed by atoms with Crippen LogP contribution in [0.1, 0.15) is 16.2 Å². The average molecular weight is 212 g/mol. The van der Waals surface area contributed by atoms with Crippen molar-refractivity contribution in [3.8, 4) is 0 Å². The maximum absolute atomic E-state index is 11.4. The molecular weight excluding hydrogens is 196 g/mol. The number of thiophene rings is 1. The predicted molar refractivity (Wildman–Crippen MR) is 59.2 cm³/mol. The zero-order chi connectivity index (χ0) is 10.6. The topological polar surface area (TPSA) is 46.3 Å². The molecule has 0 fully saturated rings. The molecule has 0 saturated carbocycles. The van der Waals surface area contributed by atoms with Gasteiger partial charge in [-0.2, -0.15) is 0 Å². The zero-order valence-electron chi connectivity index (χ0n) is 8.62. The lowest BCUT2D eigenvalue weighted by molar-refractivity contribution is -0.130. The molecule has 1 rings (SSSR count). The summed E-state index contributed by atoms with van der Waals surface area (Å²) in [6.07, 6.45) is 0.431. The van der Waals surface area contributed by atoms with Crippen molar-refractivity contribution in [1.82, 2.24) is 4.90 Å². The van der Waals surface area contributed by atoms with Gasteiger partial charge in [0.1, 0.15) is 0 Å². The minimum absolute atomic E-state index is 0.110. The number of carbonyl (C=O) groups excluding carboxylic acids is 1. The Labute approximate surface area is 88.5 Å². The fourth-order valence-corrected chi connectivity index (χ4v) is 2.15. The van der Waals surface area contributed by atoms with Gasteiger partial charge < -0.3 is 10.6 Å². The smallest absolute Gasteiger partial charge is 0.223 e. The molecule has 0 unspecified atom stereocenters. The van der Waals surface area contributed by atoms with Crippen molar-refractivity contribution in [1.29, 1.82) is 0 Å². The van der Waals surface area contributed by atoms with Crippen LogP contribution in [0.2, 0.25) is 0 Å². The van der Waals surface area contributed by atoms with Crippen molar-refractivity contribution in [2.45, 2.75) is 19.9 Å². The molecule has 0 radical (unpaired) electrons. The molecule has 2 N–H and O–H groups in total. The Hall–Kier alpha value is -0.870. The van der Waals surface area contributed by atoms with E-state index in [1.165, 1.54) is 9.75 Å². The third-order valence-corrected chi connectivity index (χ3v) is 2.96. The molecule has 0 saturated heterocycles. The van der Waals surface area contributed by atoms with Crippen LogP contribution in [0.15, 0.2) is 12.1 Å². The van der Waals surface area contributed by atoms with Crippen molar-refractivity contribution in [2.75, 3.05) is 13.6 Å². The Balaban J connectivity index is 2.48. The number of carbonyl (C=O) groups is 1. The van der Waals surface area contributed by atoms with E-state index in [1.54, 1.807) is 16.2 Å². The Morgan fingerprint density at radius 2 is 2.29 bits per heavy atom. The molecule has 0 spiro atoms. The van der Waals surface area contributed by atoms with Gasteiger partial charge in [-0.15, -0.1) is 11.3 Å². The molecule has 0 bridgehead atoms. The summed E-state index contributed by atoms with van der Waals surface area (Å²) in [5.74, 6) is 0.110. The molecule has 0 atom stereocenters. The van der Waals surface area contributed by atoms with E-state index in [0.717, 1.165) is 0 Å². The minimum Gasteiger partial charge on any atom is -0.341 e. The van der Waals surface area contributed by atoms with E-state index in [4.69, 9.17) is 5.73 Å². The fourth-order valence-electron chi connectivity index (χ4n) is 1.21. The number of aryl methyl sites for hydroxylation is 1. The van der Waals surface area contributed by atoms with Crippen LogP contribution >= 0.6 is 11.3 Å². The van der Waals surface area contributed by atoms with Crippen molar-refractivity contribution in [3.05, 3.63) is 21.9 Å². The molecule has 0 aliphatic rings. The van der Waals surface area contributed by atoms with Crippen LogP contribution in [0.25, 0.3) is 0 Å². The van der Waals surface area contributed by atoms with Gasteiger partial charge in [-0.1, -0.05) is 0 Å². The summed E-state index contributed by atoms with van der Waals surface area (Å²) >= 11 is 1.73. The molecule has 78 valence electrons. The normalized spacial score (nSPS) is 10.2. The van der Waals surface area contributed by atoms with Crippen LogP contribution < -0.4 is 5.73 Å². The van der Waals surface area contributed by atoms with Crippen molar-refractivity contribution in [3.63, 3.8) is 0 Å². The highest BCUT2D eigenvalue weighted by atomic mass is 32.1. The third kappa shape index (κ3) is 3.12. The molecule has 1 amide bonds. The summed E-state index contributed by atoms with van der Waals surface area (Å²) in [6, 6.07) is 4.13. The van der Waals surface area contributed by atoms with Gasteiger partial charge >= 0.3 is 0 Å². The lowest BCUT2D eigenvalue weighted by atomic mass is 10.3. The highest BCUT2D eigenvalue weighted by Gasteiger charge is 2.08. The molecule has 0 aliphatic heterocycles. The summed E-state index contributed by atoms with van der Waals surface area (Å²) in [7, 11) is 1.81. The number of amides is 1. The average Bonchev–Trinajstić information content (AvgIpc) is 2.51. The molecule has 3 nitrogen and oxygen atoms in total. The van der Waals surface area contributed by atoms with Gasteiger partial charge in [0.15, 0.2) is 0 Å². The number of rotatable bonds is 4. The molecule has 1 heterocycles. The maximum atomic E-state index is 11.4. The van der Waals surface area contributed by atoms with Crippen molar-refractivity contribution >= 4 is 17.2 Å². The van der Waals surface area contributed by atoms with E-state index >= 15 is 0 Å². The first-order chi connectivity index (χ1) is 6.63. The van der Waals surface area contributed by atoms with Crippen LogP contribution in [-0.2, 0) is 11.3 Å². The van der Waals surface area contributed by atoms with Crippen LogP contribution in [0.5, 0.6) is 0 Å². The quantitative estimate of drug-likeness (QED) is 0.819. The Bertz CT molecular complexity index is 309. The largest absolute Gasteiger partial charge is 0.341 e. The first-order valence-corrected chi connectivity index (χ1v) is 5.44. The Morgan fingerprint density at radius 1 is 1.57 bits per heavy atom. The Morgan fingerprint density at radius 3 is 2.79 bits per heavy atom. The highest BCUT2D eigenvalue weighted by molar-refractivity contribution is 7.11. The second kappa shape index (κ2) is 5.12. The van der Waals surface area contributed by atoms with E-state index in [2.05, 4.69) is 19.1 Å². The van der Waals surface area contributed by atoms with Gasteiger partial charge in [0.25, 0.3) is 0 Å². The third-order valence-electron chi connectivity index (χ3n) is 1.97. The maximum Gasteiger partial charge on any atom is 0.223 e. The van der Waals surface area contributed by atoms with E-state index in [-0.39, 0.29) is 5.91 Å². The molecule has 1 aromatic rings. The van der Waals surface area contributed by atoms with Crippen LogP contribution in [0.4, 0.5) is 0 Å². The number of hydrogen-bond acceptors (Lipinski definition) is 3.